The maximum absolute atomic E-state index is 5.84. The van der Waals surface area contributed by atoms with Crippen LogP contribution in [0.2, 0.25) is 0 Å². The van der Waals surface area contributed by atoms with E-state index in [0.29, 0.717) is 35.4 Å². The normalized spacial score (nSPS) is 23.8. The average Bonchev–Trinajstić information content (AvgIpc) is 3.50. The summed E-state index contributed by atoms with van der Waals surface area (Å²) in [5, 5.41) is 4.32. The van der Waals surface area contributed by atoms with Crippen molar-refractivity contribution in [2.45, 2.75) is 43.9 Å². The van der Waals surface area contributed by atoms with E-state index in [0.717, 1.165) is 18.8 Å². The van der Waals surface area contributed by atoms with Gasteiger partial charge in [0.1, 0.15) is 0 Å². The first kappa shape index (κ1) is 18.2. The molecule has 0 N–H and O–H groups in total. The molecule has 1 aromatic heterocycles. The van der Waals surface area contributed by atoms with Gasteiger partial charge in [-0.05, 0) is 43.5 Å². The maximum atomic E-state index is 5.84. The molecule has 0 unspecified atom stereocenters. The predicted molar refractivity (Wildman–Crippen MR) is 108 cm³/mol. The van der Waals surface area contributed by atoms with Crippen molar-refractivity contribution in [1.82, 2.24) is 15.0 Å². The Hall–Kier alpha value is -2.86. The highest BCUT2D eigenvalue weighted by atomic mass is 16.5. The monoisotopic (exact) mass is 391 g/mol. The standard InChI is InChI=1S/C23H25N3O3/c1-27-20-11-5-6-12-21(20)28-15-22-24-23(25-29-22)17-14-19(16-8-3-2-4-9-16)26-13-7-10-18(17)26/h2-6,8-9,11-12,17-19H,7,10,13-15H2,1H3/t17-,18+,19-/m0/s1. The Morgan fingerprint density at radius 2 is 1.86 bits per heavy atom. The van der Waals surface area contributed by atoms with E-state index in [4.69, 9.17) is 14.0 Å². The van der Waals surface area contributed by atoms with E-state index < -0.39 is 0 Å². The number of methoxy groups -OCH3 is 1. The molecule has 3 heterocycles. The number of fused-ring (bicyclic) bond motifs is 1. The number of aromatic nitrogens is 2. The van der Waals surface area contributed by atoms with Gasteiger partial charge < -0.3 is 14.0 Å². The van der Waals surface area contributed by atoms with Crippen LogP contribution in [0.3, 0.4) is 0 Å². The summed E-state index contributed by atoms with van der Waals surface area (Å²) in [6, 6.07) is 19.2. The number of benzene rings is 2. The van der Waals surface area contributed by atoms with Gasteiger partial charge in [-0.1, -0.05) is 47.6 Å². The van der Waals surface area contributed by atoms with Gasteiger partial charge >= 0.3 is 0 Å². The van der Waals surface area contributed by atoms with Crippen LogP contribution in [0.1, 0.15) is 48.5 Å². The van der Waals surface area contributed by atoms with E-state index in [2.05, 4.69) is 45.4 Å². The summed E-state index contributed by atoms with van der Waals surface area (Å²) in [4.78, 5) is 7.31. The molecule has 2 aliphatic rings. The molecule has 6 heteroatoms. The van der Waals surface area contributed by atoms with Crippen LogP contribution < -0.4 is 9.47 Å². The van der Waals surface area contributed by atoms with E-state index in [-0.39, 0.29) is 6.61 Å². The van der Waals surface area contributed by atoms with Gasteiger partial charge in [-0.15, -0.1) is 0 Å². The van der Waals surface area contributed by atoms with Crippen LogP contribution in [-0.2, 0) is 6.61 Å². The Labute approximate surface area is 170 Å². The fraction of sp³-hybridized carbons (Fsp3) is 0.391. The minimum Gasteiger partial charge on any atom is -0.493 e. The van der Waals surface area contributed by atoms with Crippen molar-refractivity contribution in [3.8, 4) is 11.5 Å². The second-order valence-electron chi connectivity index (χ2n) is 7.70. The topological polar surface area (TPSA) is 60.6 Å². The lowest BCUT2D eigenvalue weighted by atomic mass is 9.94. The second-order valence-corrected chi connectivity index (χ2v) is 7.70. The molecular formula is C23H25N3O3. The molecule has 2 fully saturated rings. The van der Waals surface area contributed by atoms with Crippen molar-refractivity contribution in [1.29, 1.82) is 0 Å². The zero-order valence-electron chi connectivity index (χ0n) is 16.5. The highest BCUT2D eigenvalue weighted by Gasteiger charge is 2.46. The van der Waals surface area contributed by atoms with E-state index >= 15 is 0 Å². The van der Waals surface area contributed by atoms with E-state index in [1.165, 1.54) is 18.4 Å². The van der Waals surface area contributed by atoms with Crippen molar-refractivity contribution in [2.24, 2.45) is 0 Å². The number of rotatable bonds is 6. The first-order valence-corrected chi connectivity index (χ1v) is 10.2. The largest absolute Gasteiger partial charge is 0.493 e. The summed E-state index contributed by atoms with van der Waals surface area (Å²) < 4.78 is 16.7. The van der Waals surface area contributed by atoms with Gasteiger partial charge in [-0.25, -0.2) is 0 Å². The number of hydrogen-bond donors (Lipinski definition) is 0. The molecule has 6 nitrogen and oxygen atoms in total. The van der Waals surface area contributed by atoms with Gasteiger partial charge in [0.05, 0.1) is 7.11 Å². The first-order valence-electron chi connectivity index (χ1n) is 10.2. The molecule has 2 saturated heterocycles. The van der Waals surface area contributed by atoms with E-state index in [1.807, 2.05) is 24.3 Å². The predicted octanol–water partition coefficient (Wildman–Crippen LogP) is 4.35. The number of ether oxygens (including phenoxy) is 2. The molecule has 3 atom stereocenters. The summed E-state index contributed by atoms with van der Waals surface area (Å²) in [7, 11) is 1.63. The van der Waals surface area contributed by atoms with Crippen LogP contribution in [0.15, 0.2) is 59.1 Å². The quantitative estimate of drug-likeness (QED) is 0.623. The van der Waals surface area contributed by atoms with Crippen LogP contribution in [0.5, 0.6) is 11.5 Å². The van der Waals surface area contributed by atoms with Crippen molar-refractivity contribution in [3.63, 3.8) is 0 Å². The van der Waals surface area contributed by atoms with Crippen LogP contribution in [-0.4, -0.2) is 34.7 Å². The van der Waals surface area contributed by atoms with E-state index in [9.17, 15) is 0 Å². The number of para-hydroxylation sites is 2. The summed E-state index contributed by atoms with van der Waals surface area (Å²) in [6.45, 7) is 1.37. The van der Waals surface area contributed by atoms with Gasteiger partial charge in [0.15, 0.2) is 23.9 Å². The summed E-state index contributed by atoms with van der Waals surface area (Å²) in [5.74, 6) is 2.96. The summed E-state index contributed by atoms with van der Waals surface area (Å²) in [6.07, 6.45) is 3.45. The van der Waals surface area contributed by atoms with Crippen molar-refractivity contribution in [2.75, 3.05) is 13.7 Å². The van der Waals surface area contributed by atoms with Gasteiger partial charge in [-0.3, -0.25) is 4.90 Å². The third-order valence-corrected chi connectivity index (χ3v) is 6.10. The Kier molecular flexibility index (Phi) is 4.94. The van der Waals surface area contributed by atoms with Crippen molar-refractivity contribution < 1.29 is 14.0 Å². The van der Waals surface area contributed by atoms with Gasteiger partial charge in [0, 0.05) is 18.0 Å². The average molecular weight is 391 g/mol. The molecule has 2 aromatic carbocycles. The lowest BCUT2D eigenvalue weighted by molar-refractivity contribution is 0.232. The molecule has 0 amide bonds. The Balaban J connectivity index is 1.31. The summed E-state index contributed by atoms with van der Waals surface area (Å²) >= 11 is 0. The molecule has 5 rings (SSSR count). The molecule has 2 aliphatic heterocycles. The fourth-order valence-electron chi connectivity index (χ4n) is 4.80. The highest BCUT2D eigenvalue weighted by molar-refractivity contribution is 5.39. The van der Waals surface area contributed by atoms with Crippen LogP contribution in [0.25, 0.3) is 0 Å². The lowest BCUT2D eigenvalue weighted by Gasteiger charge is -2.24. The SMILES string of the molecule is COc1ccccc1OCc1nc([C@H]2C[C@@H](c3ccccc3)N3CCC[C@H]23)no1. The van der Waals surface area contributed by atoms with Crippen molar-refractivity contribution >= 4 is 0 Å². The first-order chi connectivity index (χ1) is 14.3. The van der Waals surface area contributed by atoms with Gasteiger partial charge in [-0.2, -0.15) is 4.98 Å². The van der Waals surface area contributed by atoms with E-state index in [1.54, 1.807) is 7.11 Å². The molecule has 0 radical (unpaired) electrons. The molecular weight excluding hydrogens is 366 g/mol. The highest BCUT2D eigenvalue weighted by Crippen LogP contribution is 2.48. The minimum atomic E-state index is 0.233. The van der Waals surface area contributed by atoms with Crippen LogP contribution in [0, 0.1) is 0 Å². The number of hydrogen-bond acceptors (Lipinski definition) is 6. The molecule has 0 saturated carbocycles. The smallest absolute Gasteiger partial charge is 0.264 e. The van der Waals surface area contributed by atoms with Crippen molar-refractivity contribution in [3.05, 3.63) is 71.9 Å². The molecule has 29 heavy (non-hydrogen) atoms. The lowest BCUT2D eigenvalue weighted by Crippen LogP contribution is -2.27. The Morgan fingerprint density at radius 3 is 2.69 bits per heavy atom. The zero-order valence-corrected chi connectivity index (χ0v) is 16.5. The number of nitrogens with zero attached hydrogens (tertiary/aromatic N) is 3. The zero-order chi connectivity index (χ0) is 19.6. The Morgan fingerprint density at radius 1 is 1.07 bits per heavy atom. The third-order valence-electron chi connectivity index (χ3n) is 6.10. The fourth-order valence-corrected chi connectivity index (χ4v) is 4.80. The van der Waals surface area contributed by atoms with Gasteiger partial charge in [0.2, 0.25) is 0 Å². The minimum absolute atomic E-state index is 0.233. The maximum Gasteiger partial charge on any atom is 0.264 e. The molecule has 0 aliphatic carbocycles. The molecule has 150 valence electrons. The molecule has 0 spiro atoms. The third kappa shape index (κ3) is 3.49. The summed E-state index contributed by atoms with van der Waals surface area (Å²) in [5.41, 5.74) is 1.38. The molecule has 0 bridgehead atoms. The Bertz CT molecular complexity index is 959. The van der Waals surface area contributed by atoms with Gasteiger partial charge in [0.25, 0.3) is 5.89 Å². The second kappa shape index (κ2) is 7.87. The molecule has 3 aromatic rings. The van der Waals surface area contributed by atoms with Crippen LogP contribution >= 0.6 is 0 Å². The van der Waals surface area contributed by atoms with Crippen LogP contribution in [0.4, 0.5) is 0 Å².